The summed E-state index contributed by atoms with van der Waals surface area (Å²) in [6, 6.07) is 1.60. The number of aromatic nitrogens is 4. The summed E-state index contributed by atoms with van der Waals surface area (Å²) in [4.78, 5) is 14.3. The standard InChI is InChI=1S/C14H20ClN5O/c1-4-13(20-9-11(15)8-17-20)14(21)18(3)10-12-6-7-16-19(12)5-2/h6-9,13H,4-5,10H2,1-3H3. The third-order valence-corrected chi connectivity index (χ3v) is 3.64. The van der Waals surface area contributed by atoms with E-state index in [9.17, 15) is 4.79 Å². The number of carbonyl (C=O) groups is 1. The van der Waals surface area contributed by atoms with Crippen LogP contribution in [0.1, 0.15) is 32.0 Å². The molecule has 1 amide bonds. The van der Waals surface area contributed by atoms with Gasteiger partial charge in [-0.3, -0.25) is 14.2 Å². The van der Waals surface area contributed by atoms with Crippen molar-refractivity contribution in [1.29, 1.82) is 0 Å². The predicted octanol–water partition coefficient (Wildman–Crippen LogP) is 2.36. The van der Waals surface area contributed by atoms with Crippen LogP contribution in [0.25, 0.3) is 0 Å². The van der Waals surface area contributed by atoms with Gasteiger partial charge in [-0.05, 0) is 19.4 Å². The monoisotopic (exact) mass is 309 g/mol. The average Bonchev–Trinajstić information content (AvgIpc) is 3.08. The molecule has 21 heavy (non-hydrogen) atoms. The molecule has 0 aliphatic rings. The van der Waals surface area contributed by atoms with Crippen molar-refractivity contribution in [3.05, 3.63) is 35.4 Å². The molecule has 0 N–H and O–H groups in total. The van der Waals surface area contributed by atoms with Gasteiger partial charge in [-0.25, -0.2) is 0 Å². The van der Waals surface area contributed by atoms with E-state index in [1.165, 1.54) is 0 Å². The van der Waals surface area contributed by atoms with Crippen molar-refractivity contribution in [2.75, 3.05) is 7.05 Å². The van der Waals surface area contributed by atoms with Gasteiger partial charge in [0.2, 0.25) is 5.91 Å². The lowest BCUT2D eigenvalue weighted by molar-refractivity contribution is -0.134. The summed E-state index contributed by atoms with van der Waals surface area (Å²) in [7, 11) is 1.79. The normalized spacial score (nSPS) is 12.4. The van der Waals surface area contributed by atoms with Crippen LogP contribution in [0.4, 0.5) is 0 Å². The van der Waals surface area contributed by atoms with E-state index in [2.05, 4.69) is 10.2 Å². The first-order valence-corrected chi connectivity index (χ1v) is 7.39. The number of rotatable bonds is 6. The highest BCUT2D eigenvalue weighted by Gasteiger charge is 2.23. The number of hydrogen-bond acceptors (Lipinski definition) is 3. The smallest absolute Gasteiger partial charge is 0.247 e. The molecular formula is C14H20ClN5O. The summed E-state index contributed by atoms with van der Waals surface area (Å²) in [5.41, 5.74) is 1.02. The first-order chi connectivity index (χ1) is 10.1. The van der Waals surface area contributed by atoms with Gasteiger partial charge in [-0.1, -0.05) is 18.5 Å². The van der Waals surface area contributed by atoms with Crippen molar-refractivity contribution in [3.63, 3.8) is 0 Å². The number of aryl methyl sites for hydroxylation is 1. The fraction of sp³-hybridized carbons (Fsp3) is 0.500. The van der Waals surface area contributed by atoms with Crippen LogP contribution in [0.5, 0.6) is 0 Å². The fourth-order valence-electron chi connectivity index (χ4n) is 2.31. The van der Waals surface area contributed by atoms with Gasteiger partial charge in [0.05, 0.1) is 23.5 Å². The second-order valence-electron chi connectivity index (χ2n) is 4.90. The largest absolute Gasteiger partial charge is 0.338 e. The van der Waals surface area contributed by atoms with Gasteiger partial charge in [0, 0.05) is 26.0 Å². The first-order valence-electron chi connectivity index (χ1n) is 7.02. The summed E-state index contributed by atoms with van der Waals surface area (Å²) in [6.07, 6.45) is 5.64. The molecule has 2 heterocycles. The Kier molecular flexibility index (Phi) is 5.01. The van der Waals surface area contributed by atoms with E-state index in [1.54, 1.807) is 35.2 Å². The van der Waals surface area contributed by atoms with Crippen LogP contribution in [-0.2, 0) is 17.9 Å². The molecular weight excluding hydrogens is 290 g/mol. The number of amides is 1. The fourth-order valence-corrected chi connectivity index (χ4v) is 2.46. The van der Waals surface area contributed by atoms with Crippen molar-refractivity contribution in [2.45, 2.75) is 39.4 Å². The molecule has 0 saturated carbocycles. The summed E-state index contributed by atoms with van der Waals surface area (Å²) in [5, 5.41) is 8.89. The Morgan fingerprint density at radius 3 is 2.76 bits per heavy atom. The van der Waals surface area contributed by atoms with Gasteiger partial charge in [0.25, 0.3) is 0 Å². The van der Waals surface area contributed by atoms with E-state index in [-0.39, 0.29) is 11.9 Å². The minimum absolute atomic E-state index is 0.0149. The lowest BCUT2D eigenvalue weighted by atomic mass is 10.2. The molecule has 0 aliphatic carbocycles. The summed E-state index contributed by atoms with van der Waals surface area (Å²) >= 11 is 5.88. The molecule has 1 unspecified atom stereocenters. The Hall–Kier alpha value is -1.82. The average molecular weight is 310 g/mol. The van der Waals surface area contributed by atoms with Crippen LogP contribution in [-0.4, -0.2) is 37.4 Å². The van der Waals surface area contributed by atoms with Crippen LogP contribution in [0.15, 0.2) is 24.7 Å². The molecule has 0 saturated heterocycles. The van der Waals surface area contributed by atoms with E-state index in [1.807, 2.05) is 24.6 Å². The Labute approximate surface area is 129 Å². The van der Waals surface area contributed by atoms with E-state index >= 15 is 0 Å². The lowest BCUT2D eigenvalue weighted by Crippen LogP contribution is -2.34. The molecule has 7 heteroatoms. The first kappa shape index (κ1) is 15.6. The number of carbonyl (C=O) groups excluding carboxylic acids is 1. The van der Waals surface area contributed by atoms with Crippen molar-refractivity contribution in [1.82, 2.24) is 24.5 Å². The zero-order valence-corrected chi connectivity index (χ0v) is 13.3. The molecule has 6 nitrogen and oxygen atoms in total. The van der Waals surface area contributed by atoms with Crippen molar-refractivity contribution in [2.24, 2.45) is 0 Å². The summed E-state index contributed by atoms with van der Waals surface area (Å²) < 4.78 is 3.51. The van der Waals surface area contributed by atoms with Crippen molar-refractivity contribution >= 4 is 17.5 Å². The van der Waals surface area contributed by atoms with Gasteiger partial charge < -0.3 is 4.90 Å². The third kappa shape index (κ3) is 3.44. The van der Waals surface area contributed by atoms with E-state index < -0.39 is 0 Å². The number of halogens is 1. The Balaban J connectivity index is 2.10. The predicted molar refractivity (Wildman–Crippen MR) is 80.9 cm³/mol. The van der Waals surface area contributed by atoms with Gasteiger partial charge in [-0.2, -0.15) is 10.2 Å². The maximum Gasteiger partial charge on any atom is 0.247 e. The molecule has 114 valence electrons. The summed E-state index contributed by atoms with van der Waals surface area (Å²) in [5.74, 6) is 0.0149. The van der Waals surface area contributed by atoms with Gasteiger partial charge >= 0.3 is 0 Å². The number of likely N-dealkylation sites (N-methyl/N-ethyl adjacent to an activating group) is 1. The minimum atomic E-state index is -0.333. The molecule has 0 fully saturated rings. The highest BCUT2D eigenvalue weighted by atomic mass is 35.5. The van der Waals surface area contributed by atoms with Gasteiger partial charge in [0.1, 0.15) is 6.04 Å². The van der Waals surface area contributed by atoms with Gasteiger partial charge in [-0.15, -0.1) is 0 Å². The Morgan fingerprint density at radius 1 is 1.43 bits per heavy atom. The minimum Gasteiger partial charge on any atom is -0.338 e. The highest BCUT2D eigenvalue weighted by molar-refractivity contribution is 6.30. The molecule has 2 rings (SSSR count). The van der Waals surface area contributed by atoms with E-state index in [0.717, 1.165) is 12.2 Å². The van der Waals surface area contributed by atoms with Gasteiger partial charge in [0.15, 0.2) is 0 Å². The zero-order chi connectivity index (χ0) is 15.4. The second kappa shape index (κ2) is 6.76. The lowest BCUT2D eigenvalue weighted by Gasteiger charge is -2.23. The van der Waals surface area contributed by atoms with Crippen molar-refractivity contribution < 1.29 is 4.79 Å². The molecule has 0 aromatic carbocycles. The molecule has 0 aliphatic heterocycles. The van der Waals surface area contributed by atoms with Crippen LogP contribution in [0.3, 0.4) is 0 Å². The number of nitrogens with zero attached hydrogens (tertiary/aromatic N) is 5. The molecule has 0 bridgehead atoms. The quantitative estimate of drug-likeness (QED) is 0.823. The molecule has 0 radical (unpaired) electrons. The SMILES string of the molecule is CCC(C(=O)N(C)Cc1ccnn1CC)n1cc(Cl)cn1. The van der Waals surface area contributed by atoms with E-state index in [4.69, 9.17) is 11.6 Å². The number of hydrogen-bond donors (Lipinski definition) is 0. The molecule has 1 atom stereocenters. The second-order valence-corrected chi connectivity index (χ2v) is 5.33. The Bertz CT molecular complexity index is 606. The topological polar surface area (TPSA) is 56.0 Å². The third-order valence-electron chi connectivity index (χ3n) is 3.44. The zero-order valence-electron chi connectivity index (χ0n) is 12.5. The molecule has 2 aromatic heterocycles. The van der Waals surface area contributed by atoms with E-state index in [0.29, 0.717) is 18.0 Å². The molecule has 0 spiro atoms. The molecule has 2 aromatic rings. The van der Waals surface area contributed by atoms with Crippen LogP contribution in [0.2, 0.25) is 5.02 Å². The Morgan fingerprint density at radius 2 is 2.19 bits per heavy atom. The summed E-state index contributed by atoms with van der Waals surface area (Å²) in [6.45, 7) is 5.30. The van der Waals surface area contributed by atoms with Crippen molar-refractivity contribution in [3.8, 4) is 0 Å². The van der Waals surface area contributed by atoms with Crippen LogP contribution >= 0.6 is 11.6 Å². The highest BCUT2D eigenvalue weighted by Crippen LogP contribution is 2.17. The maximum atomic E-state index is 12.6. The maximum absolute atomic E-state index is 12.6. The van der Waals surface area contributed by atoms with Crippen LogP contribution < -0.4 is 0 Å². The van der Waals surface area contributed by atoms with Crippen LogP contribution in [0, 0.1) is 0 Å².